The van der Waals surface area contributed by atoms with Gasteiger partial charge in [-0.05, 0) is 37.0 Å². The molecule has 5 rings (SSSR count). The molecule has 0 aliphatic heterocycles. The SMILES string of the molecule is CN(C)C(=O)CN(C)C(=O)C1CCc2c(sc3ncnc(Nc4cc5ccnn5cc4N(C)C)c23)C1. The number of likely N-dealkylation sites (N-methyl/N-ethyl adjacent to an activating group) is 2. The molecule has 11 heteroatoms. The number of pyridine rings is 1. The fraction of sp³-hybridized carbons (Fsp3) is 0.400. The summed E-state index contributed by atoms with van der Waals surface area (Å²) in [6, 6.07) is 4.03. The number of hydrogen-bond donors (Lipinski definition) is 1. The van der Waals surface area contributed by atoms with E-state index in [-0.39, 0.29) is 24.3 Å². The highest BCUT2D eigenvalue weighted by molar-refractivity contribution is 7.19. The van der Waals surface area contributed by atoms with Crippen molar-refractivity contribution in [3.63, 3.8) is 0 Å². The summed E-state index contributed by atoms with van der Waals surface area (Å²) in [6.07, 6.45) is 7.51. The number of aryl methyl sites for hydroxylation is 1. The Bertz CT molecular complexity index is 1460. The Kier molecular flexibility index (Phi) is 6.25. The number of amides is 2. The average Bonchev–Trinajstić information content (AvgIpc) is 3.46. The molecular weight excluding hydrogens is 476 g/mol. The average molecular weight is 507 g/mol. The van der Waals surface area contributed by atoms with Crippen molar-refractivity contribution in [1.29, 1.82) is 0 Å². The molecule has 10 nitrogen and oxygen atoms in total. The van der Waals surface area contributed by atoms with E-state index in [1.165, 1.54) is 15.3 Å². The number of aromatic nitrogens is 4. The van der Waals surface area contributed by atoms with Crippen LogP contribution in [0.2, 0.25) is 0 Å². The van der Waals surface area contributed by atoms with Crippen LogP contribution >= 0.6 is 11.3 Å². The minimum absolute atomic E-state index is 0.0162. The number of rotatable bonds is 6. The first-order valence-corrected chi connectivity index (χ1v) is 12.7. The summed E-state index contributed by atoms with van der Waals surface area (Å²) in [5.41, 5.74) is 4.12. The van der Waals surface area contributed by atoms with E-state index in [4.69, 9.17) is 0 Å². The van der Waals surface area contributed by atoms with Gasteiger partial charge in [-0.1, -0.05) is 0 Å². The lowest BCUT2D eigenvalue weighted by molar-refractivity contribution is -0.140. The molecule has 1 atom stereocenters. The third-order valence-electron chi connectivity index (χ3n) is 6.69. The first-order valence-electron chi connectivity index (χ1n) is 11.8. The molecule has 0 bridgehead atoms. The highest BCUT2D eigenvalue weighted by atomic mass is 32.1. The van der Waals surface area contributed by atoms with Crippen LogP contribution in [0.15, 0.2) is 30.9 Å². The molecule has 0 fully saturated rings. The van der Waals surface area contributed by atoms with Gasteiger partial charge in [0.2, 0.25) is 11.8 Å². The molecule has 2 amide bonds. The van der Waals surface area contributed by atoms with Crippen molar-refractivity contribution in [3.8, 4) is 0 Å². The van der Waals surface area contributed by atoms with Crippen molar-refractivity contribution in [1.82, 2.24) is 29.4 Å². The van der Waals surface area contributed by atoms with Crippen molar-refractivity contribution >= 4 is 56.1 Å². The Labute approximate surface area is 213 Å². The third-order valence-corrected chi connectivity index (χ3v) is 7.85. The number of thiophene rings is 1. The van der Waals surface area contributed by atoms with E-state index in [0.29, 0.717) is 6.42 Å². The van der Waals surface area contributed by atoms with Gasteiger partial charge in [0.15, 0.2) is 0 Å². The second-order valence-corrected chi connectivity index (χ2v) is 10.7. The smallest absolute Gasteiger partial charge is 0.241 e. The summed E-state index contributed by atoms with van der Waals surface area (Å²) in [5.74, 6) is 0.561. The minimum Gasteiger partial charge on any atom is -0.375 e. The van der Waals surface area contributed by atoms with Crippen LogP contribution in [0, 0.1) is 5.92 Å². The molecule has 1 N–H and O–H groups in total. The van der Waals surface area contributed by atoms with E-state index >= 15 is 0 Å². The van der Waals surface area contributed by atoms with E-state index in [9.17, 15) is 9.59 Å². The number of hydrogen-bond acceptors (Lipinski definition) is 8. The van der Waals surface area contributed by atoms with Crippen LogP contribution in [0.3, 0.4) is 0 Å². The Morgan fingerprint density at radius 1 is 1.19 bits per heavy atom. The van der Waals surface area contributed by atoms with Crippen molar-refractivity contribution in [2.45, 2.75) is 19.3 Å². The van der Waals surface area contributed by atoms with Crippen LogP contribution in [-0.2, 0) is 22.4 Å². The van der Waals surface area contributed by atoms with E-state index in [2.05, 4.69) is 26.4 Å². The zero-order valence-electron chi connectivity index (χ0n) is 21.1. The van der Waals surface area contributed by atoms with Gasteiger partial charge in [0.05, 0.1) is 35.0 Å². The van der Waals surface area contributed by atoms with E-state index in [1.807, 2.05) is 35.8 Å². The van der Waals surface area contributed by atoms with Crippen molar-refractivity contribution < 1.29 is 9.59 Å². The first kappa shape index (κ1) is 24.0. The fourth-order valence-corrected chi connectivity index (χ4v) is 5.95. The van der Waals surface area contributed by atoms with Crippen LogP contribution in [0.4, 0.5) is 17.2 Å². The molecule has 0 saturated heterocycles. The molecule has 4 aromatic rings. The Hall–Kier alpha value is -3.73. The van der Waals surface area contributed by atoms with Crippen LogP contribution in [0.5, 0.6) is 0 Å². The predicted octanol–water partition coefficient (Wildman–Crippen LogP) is 2.80. The van der Waals surface area contributed by atoms with Crippen LogP contribution < -0.4 is 10.2 Å². The van der Waals surface area contributed by atoms with Gasteiger partial charge in [0, 0.05) is 52.2 Å². The van der Waals surface area contributed by atoms with Crippen LogP contribution in [-0.4, -0.2) is 83.0 Å². The molecule has 4 heterocycles. The molecule has 0 radical (unpaired) electrons. The van der Waals surface area contributed by atoms with Gasteiger partial charge >= 0.3 is 0 Å². The summed E-state index contributed by atoms with van der Waals surface area (Å²) in [7, 11) is 9.10. The Morgan fingerprint density at radius 3 is 2.75 bits per heavy atom. The Morgan fingerprint density at radius 2 is 2.00 bits per heavy atom. The molecule has 1 aliphatic carbocycles. The maximum atomic E-state index is 13.1. The van der Waals surface area contributed by atoms with Gasteiger partial charge in [-0.2, -0.15) is 5.10 Å². The lowest BCUT2D eigenvalue weighted by Gasteiger charge is -2.27. The number of anilines is 3. The molecule has 0 saturated carbocycles. The molecule has 1 unspecified atom stereocenters. The molecule has 0 spiro atoms. The van der Waals surface area contributed by atoms with Crippen molar-refractivity contribution in [2.24, 2.45) is 5.92 Å². The number of nitrogens with one attached hydrogen (secondary N) is 1. The topological polar surface area (TPSA) is 99.0 Å². The number of nitrogens with zero attached hydrogens (tertiary/aromatic N) is 7. The summed E-state index contributed by atoms with van der Waals surface area (Å²) in [6.45, 7) is 0.0941. The summed E-state index contributed by atoms with van der Waals surface area (Å²) < 4.78 is 1.85. The molecule has 36 heavy (non-hydrogen) atoms. The van der Waals surface area contributed by atoms with Crippen molar-refractivity contribution in [3.05, 3.63) is 41.3 Å². The van der Waals surface area contributed by atoms with Gasteiger partial charge in [-0.3, -0.25) is 9.59 Å². The maximum Gasteiger partial charge on any atom is 0.241 e. The quantitative estimate of drug-likeness (QED) is 0.429. The van der Waals surface area contributed by atoms with Gasteiger partial charge in [-0.25, -0.2) is 14.5 Å². The van der Waals surface area contributed by atoms with Crippen LogP contribution in [0.1, 0.15) is 16.9 Å². The highest BCUT2D eigenvalue weighted by Gasteiger charge is 2.31. The largest absolute Gasteiger partial charge is 0.375 e. The zero-order valence-corrected chi connectivity index (χ0v) is 22.0. The number of carbonyl (C=O) groups excluding carboxylic acids is 2. The minimum atomic E-state index is -0.139. The zero-order chi connectivity index (χ0) is 25.6. The standard InChI is InChI=1S/C25H30N8O2S/c1-30(2)19-12-33-16(8-9-28-33)11-18(19)29-23-22-17-7-6-15(10-20(17)36-24(22)27-14-26-23)25(35)32(5)13-21(34)31(3)4/h8-9,11-12,14-15H,6-7,10,13H2,1-5H3,(H,26,27,29). The lowest BCUT2D eigenvalue weighted by atomic mass is 9.87. The fourth-order valence-electron chi connectivity index (χ4n) is 4.69. The van der Waals surface area contributed by atoms with Crippen LogP contribution in [0.25, 0.3) is 15.7 Å². The summed E-state index contributed by atoms with van der Waals surface area (Å²) >= 11 is 1.63. The lowest BCUT2D eigenvalue weighted by Crippen LogP contribution is -2.41. The van der Waals surface area contributed by atoms with Gasteiger partial charge in [0.25, 0.3) is 0 Å². The highest BCUT2D eigenvalue weighted by Crippen LogP contribution is 2.41. The van der Waals surface area contributed by atoms with E-state index < -0.39 is 0 Å². The number of carbonyl (C=O) groups is 2. The summed E-state index contributed by atoms with van der Waals surface area (Å²) in [5, 5.41) is 8.93. The van der Waals surface area contributed by atoms with Gasteiger partial charge < -0.3 is 20.0 Å². The van der Waals surface area contributed by atoms with E-state index in [0.717, 1.165) is 45.8 Å². The first-order chi connectivity index (χ1) is 17.2. The maximum absolute atomic E-state index is 13.1. The summed E-state index contributed by atoms with van der Waals surface area (Å²) in [4.78, 5) is 41.5. The van der Waals surface area contributed by atoms with E-state index in [1.54, 1.807) is 49.9 Å². The number of fused-ring (bicyclic) bond motifs is 4. The second-order valence-electron chi connectivity index (χ2n) is 9.62. The monoisotopic (exact) mass is 506 g/mol. The predicted molar refractivity (Wildman–Crippen MR) is 142 cm³/mol. The Balaban J connectivity index is 1.44. The second kappa shape index (κ2) is 9.38. The molecule has 188 valence electrons. The van der Waals surface area contributed by atoms with Crippen molar-refractivity contribution in [2.75, 3.05) is 52.0 Å². The normalized spacial score (nSPS) is 15.1. The van der Waals surface area contributed by atoms with Gasteiger partial charge in [0.1, 0.15) is 17.0 Å². The van der Waals surface area contributed by atoms with Gasteiger partial charge in [-0.15, -0.1) is 11.3 Å². The molecule has 1 aliphatic rings. The molecule has 4 aromatic heterocycles. The molecule has 0 aromatic carbocycles. The third kappa shape index (κ3) is 4.34. The molecular formula is C25H30N8O2S.